The largest absolute Gasteiger partial charge is 0.353 e. The summed E-state index contributed by atoms with van der Waals surface area (Å²) in [5.41, 5.74) is 1.15. The monoisotopic (exact) mass is 313 g/mol. The van der Waals surface area contributed by atoms with Crippen molar-refractivity contribution in [3.63, 3.8) is 0 Å². The molecule has 3 unspecified atom stereocenters. The van der Waals surface area contributed by atoms with E-state index in [1.165, 1.54) is 37.9 Å². The quantitative estimate of drug-likeness (QED) is 0.870. The minimum atomic E-state index is 0.664. The van der Waals surface area contributed by atoms with E-state index in [0.717, 1.165) is 42.7 Å². The van der Waals surface area contributed by atoms with Crippen molar-refractivity contribution in [3.05, 3.63) is 18.1 Å². The van der Waals surface area contributed by atoms with Crippen molar-refractivity contribution >= 4 is 11.6 Å². The Morgan fingerprint density at radius 3 is 2.96 bits per heavy atom. The topological polar surface area (TPSA) is 46.3 Å². The van der Waals surface area contributed by atoms with Crippen LogP contribution in [0.1, 0.15) is 58.1 Å². The van der Waals surface area contributed by atoms with Crippen LogP contribution < -0.4 is 4.90 Å². The third kappa shape index (κ3) is 2.60. The van der Waals surface area contributed by atoms with Crippen molar-refractivity contribution in [3.8, 4) is 0 Å². The fourth-order valence-corrected chi connectivity index (χ4v) is 4.63. The van der Waals surface area contributed by atoms with Gasteiger partial charge in [0.15, 0.2) is 0 Å². The van der Waals surface area contributed by atoms with E-state index in [2.05, 4.69) is 39.9 Å². The molecule has 0 spiro atoms. The average Bonchev–Trinajstić information content (AvgIpc) is 3.04. The molecule has 2 aromatic rings. The molecular weight excluding hydrogens is 286 g/mol. The maximum atomic E-state index is 4.66. The van der Waals surface area contributed by atoms with Gasteiger partial charge in [0.2, 0.25) is 0 Å². The number of hydrogen-bond donors (Lipinski definition) is 0. The molecule has 2 fully saturated rings. The van der Waals surface area contributed by atoms with E-state index >= 15 is 0 Å². The number of hydrogen-bond acceptors (Lipinski definition) is 4. The van der Waals surface area contributed by atoms with E-state index < -0.39 is 0 Å². The van der Waals surface area contributed by atoms with Gasteiger partial charge < -0.3 is 4.90 Å². The van der Waals surface area contributed by atoms with Gasteiger partial charge in [0.1, 0.15) is 12.1 Å². The molecule has 1 aliphatic carbocycles. The maximum Gasteiger partial charge on any atom is 0.254 e. The number of aryl methyl sites for hydroxylation is 1. The van der Waals surface area contributed by atoms with Gasteiger partial charge in [0, 0.05) is 24.3 Å². The summed E-state index contributed by atoms with van der Waals surface area (Å²) in [6, 6.07) is 2.92. The summed E-state index contributed by atoms with van der Waals surface area (Å²) < 4.78 is 1.95. The fourth-order valence-electron chi connectivity index (χ4n) is 4.63. The Kier molecular flexibility index (Phi) is 3.95. The van der Waals surface area contributed by atoms with Crippen LogP contribution in [0.25, 0.3) is 5.78 Å². The number of aromatic nitrogens is 4. The molecule has 2 aliphatic rings. The van der Waals surface area contributed by atoms with Crippen molar-refractivity contribution in [1.82, 2.24) is 19.6 Å². The van der Waals surface area contributed by atoms with E-state index in [9.17, 15) is 0 Å². The first-order valence-electron chi connectivity index (χ1n) is 9.24. The summed E-state index contributed by atoms with van der Waals surface area (Å²) in [6.45, 7) is 5.78. The van der Waals surface area contributed by atoms with Gasteiger partial charge in [-0.25, -0.2) is 4.98 Å². The molecule has 5 nitrogen and oxygen atoms in total. The molecule has 23 heavy (non-hydrogen) atoms. The van der Waals surface area contributed by atoms with Crippen LogP contribution in [-0.4, -0.2) is 32.2 Å². The molecule has 0 bridgehead atoms. The highest BCUT2D eigenvalue weighted by Crippen LogP contribution is 2.40. The van der Waals surface area contributed by atoms with E-state index in [1.54, 1.807) is 6.33 Å². The van der Waals surface area contributed by atoms with Crippen LogP contribution in [-0.2, 0) is 6.42 Å². The number of rotatable bonds is 3. The third-order valence-corrected chi connectivity index (χ3v) is 5.82. The average molecular weight is 313 g/mol. The normalized spacial score (nSPS) is 28.1. The molecule has 5 heteroatoms. The first-order chi connectivity index (χ1) is 11.3. The summed E-state index contributed by atoms with van der Waals surface area (Å²) in [6.07, 6.45) is 10.5. The van der Waals surface area contributed by atoms with Crippen molar-refractivity contribution in [2.75, 3.05) is 11.4 Å². The summed E-state index contributed by atoms with van der Waals surface area (Å²) >= 11 is 0. The minimum Gasteiger partial charge on any atom is -0.353 e. The highest BCUT2D eigenvalue weighted by molar-refractivity contribution is 5.49. The van der Waals surface area contributed by atoms with Crippen LogP contribution in [0.3, 0.4) is 0 Å². The predicted octanol–water partition coefficient (Wildman–Crippen LogP) is 3.48. The van der Waals surface area contributed by atoms with Gasteiger partial charge in [0.25, 0.3) is 5.78 Å². The van der Waals surface area contributed by atoms with Crippen molar-refractivity contribution in [2.24, 2.45) is 11.8 Å². The van der Waals surface area contributed by atoms with Gasteiger partial charge in [-0.05, 0) is 37.5 Å². The molecule has 0 aromatic carbocycles. The first kappa shape index (κ1) is 14.9. The van der Waals surface area contributed by atoms with Crippen LogP contribution in [0.15, 0.2) is 12.4 Å². The summed E-state index contributed by atoms with van der Waals surface area (Å²) in [4.78, 5) is 11.6. The van der Waals surface area contributed by atoms with Crippen molar-refractivity contribution < 1.29 is 0 Å². The van der Waals surface area contributed by atoms with Crippen LogP contribution in [0.5, 0.6) is 0 Å². The van der Waals surface area contributed by atoms with E-state index in [1.807, 2.05) is 4.52 Å². The Morgan fingerprint density at radius 2 is 2.09 bits per heavy atom. The van der Waals surface area contributed by atoms with Crippen LogP contribution >= 0.6 is 0 Å². The second-order valence-electron chi connectivity index (χ2n) is 7.30. The second kappa shape index (κ2) is 6.10. The van der Waals surface area contributed by atoms with E-state index in [-0.39, 0.29) is 0 Å². The van der Waals surface area contributed by atoms with Gasteiger partial charge in [-0.3, -0.25) is 0 Å². The summed E-state index contributed by atoms with van der Waals surface area (Å²) in [5.74, 6) is 3.63. The van der Waals surface area contributed by atoms with E-state index in [0.29, 0.717) is 6.04 Å². The Balaban J connectivity index is 1.76. The highest BCUT2D eigenvalue weighted by atomic mass is 15.4. The lowest BCUT2D eigenvalue weighted by atomic mass is 9.72. The Morgan fingerprint density at radius 1 is 1.22 bits per heavy atom. The second-order valence-corrected chi connectivity index (χ2v) is 7.30. The zero-order valence-corrected chi connectivity index (χ0v) is 14.3. The summed E-state index contributed by atoms with van der Waals surface area (Å²) in [7, 11) is 0. The molecule has 2 aromatic heterocycles. The fraction of sp³-hybridized carbons (Fsp3) is 0.722. The first-order valence-corrected chi connectivity index (χ1v) is 9.24. The molecule has 0 N–H and O–H groups in total. The number of anilines is 1. The minimum absolute atomic E-state index is 0.664. The van der Waals surface area contributed by atoms with Crippen molar-refractivity contribution in [2.45, 2.75) is 64.8 Å². The van der Waals surface area contributed by atoms with Gasteiger partial charge >= 0.3 is 0 Å². The standard InChI is InChI=1S/C18H27N5/c1-3-6-14-11-17(23-18(21-14)19-12-20-23)22-10-9-13(2)15-7-4-5-8-16(15)22/h11-13,15-16H,3-10H2,1-2H3. The smallest absolute Gasteiger partial charge is 0.254 e. The lowest BCUT2D eigenvalue weighted by molar-refractivity contribution is 0.176. The molecular formula is C18H27N5. The Hall–Kier alpha value is -1.65. The summed E-state index contributed by atoms with van der Waals surface area (Å²) in [5, 5.41) is 4.45. The molecule has 1 aliphatic heterocycles. The molecule has 4 rings (SSSR count). The molecule has 0 radical (unpaired) electrons. The highest BCUT2D eigenvalue weighted by Gasteiger charge is 2.38. The maximum absolute atomic E-state index is 4.66. The number of nitrogens with zero attached hydrogens (tertiary/aromatic N) is 5. The zero-order chi connectivity index (χ0) is 15.8. The number of piperidine rings is 1. The van der Waals surface area contributed by atoms with Gasteiger partial charge in [-0.1, -0.05) is 33.1 Å². The van der Waals surface area contributed by atoms with Gasteiger partial charge in [0.05, 0.1) is 0 Å². The molecule has 0 amide bonds. The SMILES string of the molecule is CCCc1cc(N2CCC(C)C3CCCCC32)n2ncnc2n1. The third-order valence-electron chi connectivity index (χ3n) is 5.82. The van der Waals surface area contributed by atoms with Crippen molar-refractivity contribution in [1.29, 1.82) is 0 Å². The van der Waals surface area contributed by atoms with Crippen LogP contribution in [0.2, 0.25) is 0 Å². The van der Waals surface area contributed by atoms with Crippen LogP contribution in [0.4, 0.5) is 5.82 Å². The van der Waals surface area contributed by atoms with Crippen LogP contribution in [0, 0.1) is 11.8 Å². The lowest BCUT2D eigenvalue weighted by Gasteiger charge is -2.48. The zero-order valence-electron chi connectivity index (χ0n) is 14.3. The Labute approximate surface area is 138 Å². The number of fused-ring (bicyclic) bond motifs is 2. The molecule has 3 heterocycles. The molecule has 1 saturated heterocycles. The lowest BCUT2D eigenvalue weighted by Crippen LogP contribution is -2.50. The van der Waals surface area contributed by atoms with Gasteiger partial charge in [-0.15, -0.1) is 0 Å². The molecule has 124 valence electrons. The molecule has 1 saturated carbocycles. The predicted molar refractivity (Wildman–Crippen MR) is 91.7 cm³/mol. The Bertz CT molecular complexity index is 679. The molecule has 3 atom stereocenters. The van der Waals surface area contributed by atoms with E-state index in [4.69, 9.17) is 0 Å². The van der Waals surface area contributed by atoms with Gasteiger partial charge in [-0.2, -0.15) is 14.6 Å².